The fourth-order valence-corrected chi connectivity index (χ4v) is 2.08. The van der Waals surface area contributed by atoms with Gasteiger partial charge in [0.15, 0.2) is 0 Å². The first-order chi connectivity index (χ1) is 10.7. The summed E-state index contributed by atoms with van der Waals surface area (Å²) in [7, 11) is 0. The quantitative estimate of drug-likeness (QED) is 0.256. The minimum absolute atomic E-state index is 0.334. The molecule has 0 spiro atoms. The van der Waals surface area contributed by atoms with Gasteiger partial charge in [0, 0.05) is 12.2 Å². The first-order valence-electron chi connectivity index (χ1n) is 8.29. The van der Waals surface area contributed by atoms with Gasteiger partial charge in [-0.3, -0.25) is 0 Å². The SMILES string of the molecule is C=CC(=O)OCCCCCCCCCCCCOC(=O)C=C. The Morgan fingerprint density at radius 3 is 1.14 bits per heavy atom. The van der Waals surface area contributed by atoms with Crippen molar-refractivity contribution in [3.05, 3.63) is 25.3 Å². The lowest BCUT2D eigenvalue weighted by atomic mass is 10.1. The van der Waals surface area contributed by atoms with Crippen LogP contribution in [0.5, 0.6) is 0 Å². The van der Waals surface area contributed by atoms with Crippen molar-refractivity contribution in [2.24, 2.45) is 0 Å². The van der Waals surface area contributed by atoms with Gasteiger partial charge in [0.05, 0.1) is 13.2 Å². The van der Waals surface area contributed by atoms with Crippen molar-refractivity contribution in [1.29, 1.82) is 0 Å². The van der Waals surface area contributed by atoms with E-state index in [9.17, 15) is 9.59 Å². The van der Waals surface area contributed by atoms with E-state index in [1.165, 1.54) is 50.7 Å². The van der Waals surface area contributed by atoms with Crippen LogP contribution in [0.15, 0.2) is 25.3 Å². The lowest BCUT2D eigenvalue weighted by Gasteiger charge is -2.04. The van der Waals surface area contributed by atoms with Gasteiger partial charge in [0.25, 0.3) is 0 Å². The summed E-state index contributed by atoms with van der Waals surface area (Å²) in [6, 6.07) is 0. The maximum Gasteiger partial charge on any atom is 0.330 e. The maximum atomic E-state index is 10.8. The Morgan fingerprint density at radius 2 is 0.864 bits per heavy atom. The second kappa shape index (κ2) is 15.8. The summed E-state index contributed by atoms with van der Waals surface area (Å²) in [6.45, 7) is 7.71. The van der Waals surface area contributed by atoms with Gasteiger partial charge >= 0.3 is 11.9 Å². The van der Waals surface area contributed by atoms with Crippen molar-refractivity contribution in [1.82, 2.24) is 0 Å². The zero-order valence-electron chi connectivity index (χ0n) is 13.7. The van der Waals surface area contributed by atoms with E-state index in [-0.39, 0.29) is 11.9 Å². The Morgan fingerprint density at radius 1 is 0.591 bits per heavy atom. The topological polar surface area (TPSA) is 52.6 Å². The lowest BCUT2D eigenvalue weighted by molar-refractivity contribution is -0.138. The highest BCUT2D eigenvalue weighted by molar-refractivity contribution is 5.81. The summed E-state index contributed by atoms with van der Waals surface area (Å²) in [5.41, 5.74) is 0. The molecule has 0 fully saturated rings. The number of ether oxygens (including phenoxy) is 2. The predicted octanol–water partition coefficient (Wildman–Crippen LogP) is 4.35. The van der Waals surface area contributed by atoms with E-state index in [1.807, 2.05) is 0 Å². The molecule has 0 rings (SSSR count). The molecule has 0 aliphatic heterocycles. The first kappa shape index (κ1) is 20.4. The summed E-state index contributed by atoms with van der Waals surface area (Å²) >= 11 is 0. The van der Waals surface area contributed by atoms with E-state index in [1.54, 1.807) is 0 Å². The zero-order valence-corrected chi connectivity index (χ0v) is 13.7. The molecule has 0 atom stereocenters. The molecule has 0 N–H and O–H groups in total. The third-order valence-electron chi connectivity index (χ3n) is 3.36. The first-order valence-corrected chi connectivity index (χ1v) is 8.29. The highest BCUT2D eigenvalue weighted by Crippen LogP contribution is 2.10. The Balaban J connectivity index is 3.08. The van der Waals surface area contributed by atoms with Crippen LogP contribution in [-0.2, 0) is 19.1 Å². The van der Waals surface area contributed by atoms with Crippen molar-refractivity contribution in [3.63, 3.8) is 0 Å². The van der Waals surface area contributed by atoms with E-state index in [0.29, 0.717) is 13.2 Å². The van der Waals surface area contributed by atoms with Crippen LogP contribution in [-0.4, -0.2) is 25.2 Å². The normalized spacial score (nSPS) is 10.0. The molecular formula is C18H30O4. The molecule has 0 radical (unpaired) electrons. The summed E-state index contributed by atoms with van der Waals surface area (Å²) in [5.74, 6) is -0.668. The van der Waals surface area contributed by atoms with Gasteiger partial charge in [0.1, 0.15) is 0 Å². The number of hydrogen-bond donors (Lipinski definition) is 0. The van der Waals surface area contributed by atoms with Gasteiger partial charge in [-0.2, -0.15) is 0 Å². The zero-order chi connectivity index (χ0) is 16.5. The third kappa shape index (κ3) is 14.8. The molecule has 0 aliphatic carbocycles. The van der Waals surface area contributed by atoms with Crippen molar-refractivity contribution in [2.45, 2.75) is 64.2 Å². The molecule has 0 unspecified atom stereocenters. The Hall–Kier alpha value is -1.58. The maximum absolute atomic E-state index is 10.8. The van der Waals surface area contributed by atoms with Crippen LogP contribution in [0.4, 0.5) is 0 Å². The fraction of sp³-hybridized carbons (Fsp3) is 0.667. The molecule has 0 saturated carbocycles. The molecule has 4 nitrogen and oxygen atoms in total. The molecule has 0 aromatic carbocycles. The second-order valence-corrected chi connectivity index (χ2v) is 5.28. The van der Waals surface area contributed by atoms with Crippen LogP contribution < -0.4 is 0 Å². The van der Waals surface area contributed by atoms with E-state index >= 15 is 0 Å². The number of carbonyl (C=O) groups is 2. The molecule has 0 aromatic heterocycles. The van der Waals surface area contributed by atoms with Crippen molar-refractivity contribution < 1.29 is 19.1 Å². The largest absolute Gasteiger partial charge is 0.463 e. The molecule has 0 aromatic rings. The van der Waals surface area contributed by atoms with E-state index in [0.717, 1.165) is 25.7 Å². The third-order valence-corrected chi connectivity index (χ3v) is 3.36. The van der Waals surface area contributed by atoms with Crippen LogP contribution in [0.25, 0.3) is 0 Å². The molecule has 22 heavy (non-hydrogen) atoms. The Bertz CT molecular complexity index is 291. The minimum Gasteiger partial charge on any atom is -0.463 e. The molecule has 126 valence electrons. The van der Waals surface area contributed by atoms with Crippen LogP contribution >= 0.6 is 0 Å². The van der Waals surface area contributed by atoms with Gasteiger partial charge in [-0.15, -0.1) is 0 Å². The molecule has 0 amide bonds. The van der Waals surface area contributed by atoms with E-state index < -0.39 is 0 Å². The van der Waals surface area contributed by atoms with Gasteiger partial charge in [-0.25, -0.2) is 9.59 Å². The van der Waals surface area contributed by atoms with Crippen LogP contribution in [0.2, 0.25) is 0 Å². The van der Waals surface area contributed by atoms with Crippen LogP contribution in [0.3, 0.4) is 0 Å². The van der Waals surface area contributed by atoms with Gasteiger partial charge in [-0.1, -0.05) is 64.5 Å². The second-order valence-electron chi connectivity index (χ2n) is 5.28. The minimum atomic E-state index is -0.334. The number of rotatable bonds is 15. The van der Waals surface area contributed by atoms with Crippen LogP contribution in [0, 0.1) is 0 Å². The smallest absolute Gasteiger partial charge is 0.330 e. The van der Waals surface area contributed by atoms with Gasteiger partial charge < -0.3 is 9.47 Å². The summed E-state index contributed by atoms with van der Waals surface area (Å²) in [5, 5.41) is 0. The fourth-order valence-electron chi connectivity index (χ4n) is 2.08. The average molecular weight is 310 g/mol. The van der Waals surface area contributed by atoms with Crippen LogP contribution in [0.1, 0.15) is 64.2 Å². The Labute approximate surface area is 134 Å². The van der Waals surface area contributed by atoms with Gasteiger partial charge in [-0.05, 0) is 12.8 Å². The van der Waals surface area contributed by atoms with E-state index in [4.69, 9.17) is 9.47 Å². The highest BCUT2D eigenvalue weighted by atomic mass is 16.5. The van der Waals surface area contributed by atoms with Gasteiger partial charge in [0.2, 0.25) is 0 Å². The molecule has 0 bridgehead atoms. The highest BCUT2D eigenvalue weighted by Gasteiger charge is 1.97. The summed E-state index contributed by atoms with van der Waals surface area (Å²) in [4.78, 5) is 21.6. The average Bonchev–Trinajstić information content (AvgIpc) is 2.54. The monoisotopic (exact) mass is 310 g/mol. The number of unbranched alkanes of at least 4 members (excludes halogenated alkanes) is 9. The molecule has 0 saturated heterocycles. The van der Waals surface area contributed by atoms with E-state index in [2.05, 4.69) is 13.2 Å². The molecule has 4 heteroatoms. The lowest BCUT2D eigenvalue weighted by Crippen LogP contribution is -2.01. The number of esters is 2. The standard InChI is InChI=1S/C18H30O4/c1-3-17(19)21-15-13-11-9-7-5-6-8-10-12-14-16-22-18(20)4-2/h3-4H,1-2,5-16H2. The summed E-state index contributed by atoms with van der Waals surface area (Å²) in [6.07, 6.45) is 13.9. The number of hydrogen-bond acceptors (Lipinski definition) is 4. The van der Waals surface area contributed by atoms with Crippen molar-refractivity contribution >= 4 is 11.9 Å². The molecular weight excluding hydrogens is 280 g/mol. The van der Waals surface area contributed by atoms with Crippen molar-refractivity contribution in [3.8, 4) is 0 Å². The number of carbonyl (C=O) groups excluding carboxylic acids is 2. The molecule has 0 aliphatic rings. The predicted molar refractivity (Wildman–Crippen MR) is 88.5 cm³/mol. The summed E-state index contributed by atoms with van der Waals surface area (Å²) < 4.78 is 9.82. The van der Waals surface area contributed by atoms with Crippen molar-refractivity contribution in [2.75, 3.05) is 13.2 Å². The Kier molecular flexibility index (Phi) is 14.7. The molecule has 0 heterocycles.